The molecule has 0 unspecified atom stereocenters. The molecule has 6 nitrogen and oxygen atoms in total. The first-order valence-corrected chi connectivity index (χ1v) is 8.46. The quantitative estimate of drug-likeness (QED) is 0.681. The highest BCUT2D eigenvalue weighted by atomic mass is 19.4. The van der Waals surface area contributed by atoms with Gasteiger partial charge in [-0.25, -0.2) is 4.39 Å². The van der Waals surface area contributed by atoms with Crippen LogP contribution >= 0.6 is 0 Å². The summed E-state index contributed by atoms with van der Waals surface area (Å²) in [7, 11) is 1.53. The Morgan fingerprint density at radius 1 is 1.07 bits per heavy atom. The fourth-order valence-corrected chi connectivity index (χ4v) is 2.30. The molecule has 0 bridgehead atoms. The molecule has 156 valence electrons. The first-order valence-electron chi connectivity index (χ1n) is 8.46. The van der Waals surface area contributed by atoms with Crippen LogP contribution in [-0.2, 0) is 9.59 Å². The number of likely N-dealkylation sites (N-methyl/N-ethyl adjacent to an activating group) is 1. The SMILES string of the molecule is C[C@H](C(=O)Nc1ccccc1F)N(C)CC(=O)Nc1ccc(OC(F)(F)F)cc1. The summed E-state index contributed by atoms with van der Waals surface area (Å²) >= 11 is 0. The van der Waals surface area contributed by atoms with Gasteiger partial charge >= 0.3 is 6.36 Å². The van der Waals surface area contributed by atoms with E-state index in [1.54, 1.807) is 13.0 Å². The molecule has 2 aromatic rings. The number of rotatable bonds is 7. The van der Waals surface area contributed by atoms with Gasteiger partial charge in [-0.3, -0.25) is 14.5 Å². The maximum absolute atomic E-state index is 13.6. The number of nitrogens with one attached hydrogen (secondary N) is 2. The van der Waals surface area contributed by atoms with Gasteiger partial charge in [0, 0.05) is 5.69 Å². The van der Waals surface area contributed by atoms with Crippen LogP contribution < -0.4 is 15.4 Å². The summed E-state index contributed by atoms with van der Waals surface area (Å²) in [5, 5.41) is 4.95. The summed E-state index contributed by atoms with van der Waals surface area (Å²) in [6, 6.07) is 9.59. The molecule has 2 amide bonds. The van der Waals surface area contributed by atoms with Gasteiger partial charge in [0.05, 0.1) is 18.3 Å². The van der Waals surface area contributed by atoms with Crippen LogP contribution in [0.25, 0.3) is 0 Å². The van der Waals surface area contributed by atoms with Crippen LogP contribution in [0.3, 0.4) is 0 Å². The number of amides is 2. The zero-order valence-electron chi connectivity index (χ0n) is 15.6. The minimum Gasteiger partial charge on any atom is -0.406 e. The number of hydrogen-bond acceptors (Lipinski definition) is 4. The maximum atomic E-state index is 13.6. The minimum absolute atomic E-state index is 0.0309. The molecular formula is C19H19F4N3O3. The van der Waals surface area contributed by atoms with Crippen molar-refractivity contribution < 1.29 is 31.9 Å². The summed E-state index contributed by atoms with van der Waals surface area (Å²) in [5.74, 6) is -1.97. The van der Waals surface area contributed by atoms with Gasteiger partial charge in [-0.2, -0.15) is 0 Å². The van der Waals surface area contributed by atoms with Crippen molar-refractivity contribution in [3.63, 3.8) is 0 Å². The number of alkyl halides is 3. The second-order valence-electron chi connectivity index (χ2n) is 6.18. The lowest BCUT2D eigenvalue weighted by atomic mass is 10.2. The first kappa shape index (κ1) is 22.2. The second kappa shape index (κ2) is 9.37. The fourth-order valence-electron chi connectivity index (χ4n) is 2.30. The Morgan fingerprint density at radius 2 is 1.69 bits per heavy atom. The molecule has 0 saturated carbocycles. The molecule has 0 heterocycles. The lowest BCUT2D eigenvalue weighted by molar-refractivity contribution is -0.274. The van der Waals surface area contributed by atoms with Gasteiger partial charge in [-0.15, -0.1) is 13.2 Å². The number of halogens is 4. The highest BCUT2D eigenvalue weighted by molar-refractivity contribution is 5.96. The average molecular weight is 413 g/mol. The second-order valence-corrected chi connectivity index (χ2v) is 6.18. The number of hydrogen-bond donors (Lipinski definition) is 2. The molecule has 1 atom stereocenters. The van der Waals surface area contributed by atoms with E-state index in [2.05, 4.69) is 15.4 Å². The molecule has 0 aromatic heterocycles. The Kier molecular flexibility index (Phi) is 7.16. The normalized spacial score (nSPS) is 12.4. The number of ether oxygens (including phenoxy) is 1. The molecular weight excluding hydrogens is 394 g/mol. The molecule has 0 aliphatic rings. The van der Waals surface area contributed by atoms with E-state index in [4.69, 9.17) is 0 Å². The Morgan fingerprint density at radius 3 is 2.28 bits per heavy atom. The van der Waals surface area contributed by atoms with Crippen molar-refractivity contribution in [2.24, 2.45) is 0 Å². The van der Waals surface area contributed by atoms with E-state index < -0.39 is 35.8 Å². The molecule has 0 radical (unpaired) electrons. The molecule has 10 heteroatoms. The standard InChI is InChI=1S/C19H19F4N3O3/c1-12(18(28)25-16-6-4-3-5-15(16)20)26(2)11-17(27)24-13-7-9-14(10-8-13)29-19(21,22)23/h3-10,12H,11H2,1-2H3,(H,24,27)(H,25,28)/t12-/m1/s1. The lowest BCUT2D eigenvalue weighted by Crippen LogP contribution is -2.43. The van der Waals surface area contributed by atoms with Crippen LogP contribution in [0.2, 0.25) is 0 Å². The summed E-state index contributed by atoms with van der Waals surface area (Å²) in [6.07, 6.45) is -4.80. The molecule has 2 rings (SSSR count). The van der Waals surface area contributed by atoms with Crippen molar-refractivity contribution in [1.29, 1.82) is 0 Å². The van der Waals surface area contributed by atoms with Gasteiger partial charge in [0.15, 0.2) is 0 Å². The van der Waals surface area contributed by atoms with E-state index >= 15 is 0 Å². The fraction of sp³-hybridized carbons (Fsp3) is 0.263. The Labute approximate surface area is 164 Å². The number of anilines is 2. The van der Waals surface area contributed by atoms with Crippen LogP contribution in [0.4, 0.5) is 28.9 Å². The predicted molar refractivity (Wildman–Crippen MR) is 98.9 cm³/mol. The smallest absolute Gasteiger partial charge is 0.406 e. The first-order chi connectivity index (χ1) is 13.5. The maximum Gasteiger partial charge on any atom is 0.573 e. The third kappa shape index (κ3) is 7.07. The molecule has 0 spiro atoms. The van der Waals surface area contributed by atoms with Gasteiger partial charge in [-0.1, -0.05) is 12.1 Å². The lowest BCUT2D eigenvalue weighted by Gasteiger charge is -2.23. The predicted octanol–water partition coefficient (Wildman–Crippen LogP) is 3.62. The third-order valence-corrected chi connectivity index (χ3v) is 3.94. The number of nitrogens with zero attached hydrogens (tertiary/aromatic N) is 1. The number of carbonyl (C=O) groups is 2. The van der Waals surface area contributed by atoms with E-state index in [-0.39, 0.29) is 17.9 Å². The topological polar surface area (TPSA) is 70.7 Å². The minimum atomic E-state index is -4.80. The monoisotopic (exact) mass is 413 g/mol. The highest BCUT2D eigenvalue weighted by Gasteiger charge is 2.31. The van der Waals surface area contributed by atoms with Crippen LogP contribution in [0, 0.1) is 5.82 Å². The largest absolute Gasteiger partial charge is 0.573 e. The van der Waals surface area contributed by atoms with Crippen molar-refractivity contribution in [1.82, 2.24) is 4.90 Å². The number of benzene rings is 2. The third-order valence-electron chi connectivity index (χ3n) is 3.94. The van der Waals surface area contributed by atoms with Crippen LogP contribution in [0.5, 0.6) is 5.75 Å². The van der Waals surface area contributed by atoms with Crippen molar-refractivity contribution >= 4 is 23.2 Å². The summed E-state index contributed by atoms with van der Waals surface area (Å²) in [5.41, 5.74) is 0.296. The Bertz CT molecular complexity index is 857. The Balaban J connectivity index is 1.87. The molecule has 29 heavy (non-hydrogen) atoms. The van der Waals surface area contributed by atoms with E-state index in [9.17, 15) is 27.2 Å². The van der Waals surface area contributed by atoms with Gasteiger partial charge < -0.3 is 15.4 Å². The van der Waals surface area contributed by atoms with E-state index in [0.717, 1.165) is 12.1 Å². The molecule has 2 aromatic carbocycles. The zero-order valence-corrected chi connectivity index (χ0v) is 15.6. The van der Waals surface area contributed by atoms with Crippen molar-refractivity contribution in [3.05, 3.63) is 54.3 Å². The molecule has 0 fully saturated rings. The van der Waals surface area contributed by atoms with Crippen molar-refractivity contribution in [3.8, 4) is 5.75 Å². The van der Waals surface area contributed by atoms with Crippen molar-refractivity contribution in [2.75, 3.05) is 24.2 Å². The van der Waals surface area contributed by atoms with Gasteiger partial charge in [0.25, 0.3) is 0 Å². The van der Waals surface area contributed by atoms with Crippen molar-refractivity contribution in [2.45, 2.75) is 19.3 Å². The van der Waals surface area contributed by atoms with Crippen LogP contribution in [-0.4, -0.2) is 42.7 Å². The van der Waals surface area contributed by atoms with Gasteiger partial charge in [0.2, 0.25) is 11.8 Å². The van der Waals surface area contributed by atoms with Crippen LogP contribution in [0.15, 0.2) is 48.5 Å². The zero-order chi connectivity index (χ0) is 21.6. The molecule has 2 N–H and O–H groups in total. The average Bonchev–Trinajstić information content (AvgIpc) is 2.63. The number of para-hydroxylation sites is 1. The molecule has 0 aliphatic heterocycles. The molecule has 0 aliphatic carbocycles. The highest BCUT2D eigenvalue weighted by Crippen LogP contribution is 2.24. The molecule has 0 saturated heterocycles. The van der Waals surface area contributed by atoms with E-state index in [1.165, 1.54) is 42.3 Å². The van der Waals surface area contributed by atoms with Crippen LogP contribution in [0.1, 0.15) is 6.92 Å². The number of carbonyl (C=O) groups excluding carboxylic acids is 2. The summed E-state index contributed by atoms with van der Waals surface area (Å²) < 4.78 is 53.8. The van der Waals surface area contributed by atoms with E-state index in [0.29, 0.717) is 0 Å². The summed E-state index contributed by atoms with van der Waals surface area (Å²) in [4.78, 5) is 25.8. The van der Waals surface area contributed by atoms with Gasteiger partial charge in [0.1, 0.15) is 11.6 Å². The van der Waals surface area contributed by atoms with E-state index in [1.807, 2.05) is 0 Å². The Hall–Kier alpha value is -3.14. The van der Waals surface area contributed by atoms with Gasteiger partial charge in [-0.05, 0) is 50.4 Å². The summed E-state index contributed by atoms with van der Waals surface area (Å²) in [6.45, 7) is 1.37.